The van der Waals surface area contributed by atoms with Gasteiger partial charge in [-0.3, -0.25) is 4.79 Å². The summed E-state index contributed by atoms with van der Waals surface area (Å²) >= 11 is 0. The number of carbonyl (C=O) groups excluding carboxylic acids is 1. The Morgan fingerprint density at radius 2 is 2.04 bits per heavy atom. The van der Waals surface area contributed by atoms with E-state index in [4.69, 9.17) is 4.74 Å². The lowest BCUT2D eigenvalue weighted by molar-refractivity contribution is -0.121. The molecule has 0 radical (unpaired) electrons. The van der Waals surface area contributed by atoms with E-state index in [2.05, 4.69) is 5.32 Å². The minimum Gasteiger partial charge on any atom is -0.379 e. The summed E-state index contributed by atoms with van der Waals surface area (Å²) in [6, 6.07) is 17.3. The summed E-state index contributed by atoms with van der Waals surface area (Å²) in [5, 5.41) is 12.0. The van der Waals surface area contributed by atoms with E-state index in [0.717, 1.165) is 5.56 Å². The predicted molar refractivity (Wildman–Crippen MR) is 93.0 cm³/mol. The van der Waals surface area contributed by atoms with Gasteiger partial charge in [-0.25, -0.2) is 4.39 Å². The number of benzene rings is 2. The van der Waals surface area contributed by atoms with Crippen LogP contribution >= 0.6 is 0 Å². The number of carbonyl (C=O) groups is 1. The fourth-order valence-electron chi connectivity index (χ4n) is 2.40. The lowest BCUT2D eigenvalue weighted by atomic mass is 9.95. The zero-order chi connectivity index (χ0) is 18.1. The molecule has 1 unspecified atom stereocenters. The van der Waals surface area contributed by atoms with Crippen LogP contribution in [0.1, 0.15) is 17.0 Å². The Labute approximate surface area is 146 Å². The van der Waals surface area contributed by atoms with Gasteiger partial charge in [0, 0.05) is 13.7 Å². The van der Waals surface area contributed by atoms with Gasteiger partial charge in [0.1, 0.15) is 5.82 Å². The quantitative estimate of drug-likeness (QED) is 0.788. The van der Waals surface area contributed by atoms with Gasteiger partial charge in [0.05, 0.1) is 24.2 Å². The number of hydrogen-bond acceptors (Lipinski definition) is 3. The second-order valence-electron chi connectivity index (χ2n) is 5.47. The maximum absolute atomic E-state index is 13.2. The van der Waals surface area contributed by atoms with Crippen molar-refractivity contribution in [3.05, 3.63) is 83.2 Å². The molecule has 0 heterocycles. The Bertz CT molecular complexity index is 782. The standard InChI is InChI=1S/C20H19FN2O2/c1-25-14-16(12-22)11-19(17-7-3-2-4-8-17)20(24)23-13-15-6-5-9-18(21)10-15/h2-11,19H,13-14H2,1H3,(H,23,24)/b16-11-. The fourth-order valence-corrected chi connectivity index (χ4v) is 2.40. The first-order valence-corrected chi connectivity index (χ1v) is 7.81. The van der Waals surface area contributed by atoms with E-state index in [1.807, 2.05) is 36.4 Å². The summed E-state index contributed by atoms with van der Waals surface area (Å²) in [7, 11) is 1.49. The zero-order valence-corrected chi connectivity index (χ0v) is 13.9. The number of rotatable bonds is 7. The van der Waals surface area contributed by atoms with Gasteiger partial charge in [0.2, 0.25) is 5.91 Å². The van der Waals surface area contributed by atoms with Crippen molar-refractivity contribution in [3.8, 4) is 6.07 Å². The Balaban J connectivity index is 2.19. The van der Waals surface area contributed by atoms with Crippen LogP contribution in [0.3, 0.4) is 0 Å². The van der Waals surface area contributed by atoms with E-state index in [-0.39, 0.29) is 24.9 Å². The van der Waals surface area contributed by atoms with E-state index in [0.29, 0.717) is 11.1 Å². The number of hydrogen-bond donors (Lipinski definition) is 1. The van der Waals surface area contributed by atoms with Crippen LogP contribution < -0.4 is 5.32 Å². The number of nitrogens with zero attached hydrogens (tertiary/aromatic N) is 1. The van der Waals surface area contributed by atoms with E-state index in [1.54, 1.807) is 18.2 Å². The number of nitrogens with one attached hydrogen (secondary N) is 1. The number of ether oxygens (including phenoxy) is 1. The molecule has 0 spiro atoms. The Morgan fingerprint density at radius 3 is 2.68 bits per heavy atom. The van der Waals surface area contributed by atoms with Crippen molar-refractivity contribution < 1.29 is 13.9 Å². The second kappa shape index (κ2) is 9.36. The molecule has 0 saturated carbocycles. The molecule has 1 N–H and O–H groups in total. The molecule has 25 heavy (non-hydrogen) atoms. The summed E-state index contributed by atoms with van der Waals surface area (Å²) in [5.74, 6) is -1.24. The van der Waals surface area contributed by atoms with Gasteiger partial charge < -0.3 is 10.1 Å². The largest absolute Gasteiger partial charge is 0.379 e. The van der Waals surface area contributed by atoms with Crippen LogP contribution in [0.5, 0.6) is 0 Å². The van der Waals surface area contributed by atoms with Gasteiger partial charge in [-0.2, -0.15) is 5.26 Å². The number of methoxy groups -OCH3 is 1. The normalized spacial score (nSPS) is 12.3. The first-order valence-electron chi connectivity index (χ1n) is 7.81. The van der Waals surface area contributed by atoms with Crippen LogP contribution in [0.2, 0.25) is 0 Å². The number of amides is 1. The first-order chi connectivity index (χ1) is 12.1. The van der Waals surface area contributed by atoms with Crippen molar-refractivity contribution in [1.29, 1.82) is 5.26 Å². The van der Waals surface area contributed by atoms with Gasteiger partial charge in [-0.15, -0.1) is 0 Å². The molecule has 2 rings (SSSR count). The summed E-state index contributed by atoms with van der Waals surface area (Å²) in [5.41, 5.74) is 1.81. The second-order valence-corrected chi connectivity index (χ2v) is 5.47. The Hall–Kier alpha value is -2.97. The summed E-state index contributed by atoms with van der Waals surface area (Å²) in [4.78, 5) is 12.7. The molecule has 4 nitrogen and oxygen atoms in total. The molecular formula is C20H19FN2O2. The molecule has 128 valence electrons. The van der Waals surface area contributed by atoms with Crippen LogP contribution in [0.15, 0.2) is 66.2 Å². The average molecular weight is 338 g/mol. The molecule has 2 aromatic rings. The maximum atomic E-state index is 13.2. The van der Waals surface area contributed by atoms with Crippen LogP contribution in [-0.2, 0) is 16.1 Å². The van der Waals surface area contributed by atoms with Crippen LogP contribution in [-0.4, -0.2) is 19.6 Å². The molecular weight excluding hydrogens is 319 g/mol. The smallest absolute Gasteiger partial charge is 0.231 e. The molecule has 0 bridgehead atoms. The van der Waals surface area contributed by atoms with E-state index < -0.39 is 5.92 Å². The fraction of sp³-hybridized carbons (Fsp3) is 0.200. The van der Waals surface area contributed by atoms with Gasteiger partial charge in [0.25, 0.3) is 0 Å². The molecule has 2 aromatic carbocycles. The Kier molecular flexibility index (Phi) is 6.87. The molecule has 1 atom stereocenters. The summed E-state index contributed by atoms with van der Waals surface area (Å²) in [6.45, 7) is 0.344. The van der Waals surface area contributed by atoms with Gasteiger partial charge in [-0.05, 0) is 23.3 Å². The molecule has 0 saturated heterocycles. The van der Waals surface area contributed by atoms with Crippen molar-refractivity contribution in [2.75, 3.05) is 13.7 Å². The highest BCUT2D eigenvalue weighted by Crippen LogP contribution is 2.19. The lowest BCUT2D eigenvalue weighted by Crippen LogP contribution is -2.28. The highest BCUT2D eigenvalue weighted by molar-refractivity contribution is 5.85. The van der Waals surface area contributed by atoms with Gasteiger partial charge >= 0.3 is 0 Å². The lowest BCUT2D eigenvalue weighted by Gasteiger charge is -2.15. The van der Waals surface area contributed by atoms with E-state index >= 15 is 0 Å². The molecule has 0 aliphatic heterocycles. The maximum Gasteiger partial charge on any atom is 0.231 e. The highest BCUT2D eigenvalue weighted by atomic mass is 19.1. The molecule has 1 amide bonds. The summed E-state index contributed by atoms with van der Waals surface area (Å²) < 4.78 is 18.2. The molecule has 0 aromatic heterocycles. The molecule has 5 heteroatoms. The zero-order valence-electron chi connectivity index (χ0n) is 13.9. The SMILES string of the molecule is COC/C(C#N)=C\C(C(=O)NCc1cccc(F)c1)c1ccccc1. The predicted octanol–water partition coefficient (Wildman–Crippen LogP) is 3.32. The van der Waals surface area contributed by atoms with Crippen LogP contribution in [0, 0.1) is 17.1 Å². The Morgan fingerprint density at radius 1 is 1.28 bits per heavy atom. The van der Waals surface area contributed by atoms with Crippen LogP contribution in [0.25, 0.3) is 0 Å². The van der Waals surface area contributed by atoms with Crippen molar-refractivity contribution in [3.63, 3.8) is 0 Å². The van der Waals surface area contributed by atoms with Gasteiger partial charge in [0.15, 0.2) is 0 Å². The van der Waals surface area contributed by atoms with E-state index in [9.17, 15) is 14.4 Å². The minimum absolute atomic E-state index is 0.136. The molecule has 0 fully saturated rings. The first kappa shape index (κ1) is 18.4. The monoisotopic (exact) mass is 338 g/mol. The number of halogens is 1. The third kappa shape index (κ3) is 5.55. The third-order valence-electron chi connectivity index (χ3n) is 3.61. The van der Waals surface area contributed by atoms with Crippen molar-refractivity contribution in [2.45, 2.75) is 12.5 Å². The van der Waals surface area contributed by atoms with Crippen molar-refractivity contribution in [2.24, 2.45) is 0 Å². The molecule has 0 aliphatic carbocycles. The average Bonchev–Trinajstić information content (AvgIpc) is 2.64. The van der Waals surface area contributed by atoms with Crippen molar-refractivity contribution >= 4 is 5.91 Å². The highest BCUT2D eigenvalue weighted by Gasteiger charge is 2.19. The van der Waals surface area contributed by atoms with Gasteiger partial charge in [-0.1, -0.05) is 48.5 Å². The minimum atomic E-state index is -0.625. The van der Waals surface area contributed by atoms with Crippen LogP contribution in [0.4, 0.5) is 4.39 Å². The van der Waals surface area contributed by atoms with Crippen molar-refractivity contribution in [1.82, 2.24) is 5.32 Å². The topological polar surface area (TPSA) is 62.1 Å². The van der Waals surface area contributed by atoms with E-state index in [1.165, 1.54) is 19.2 Å². The number of nitriles is 1. The summed E-state index contributed by atoms with van der Waals surface area (Å²) in [6.07, 6.45) is 1.60. The third-order valence-corrected chi connectivity index (χ3v) is 3.61. The molecule has 0 aliphatic rings.